The number of para-hydroxylation sites is 1. The molecule has 0 bridgehead atoms. The molecule has 1 N–H and O–H groups in total. The molecule has 0 fully saturated rings. The number of ether oxygens (including phenoxy) is 2. The Morgan fingerprint density at radius 1 is 1.15 bits per heavy atom. The van der Waals surface area contributed by atoms with Crippen LogP contribution in [0.4, 0.5) is 5.95 Å². The van der Waals surface area contributed by atoms with Crippen molar-refractivity contribution in [2.45, 2.75) is 13.3 Å². The molecular weight excluding hydrogens is 256 g/mol. The molecule has 0 radical (unpaired) electrons. The molecule has 6 nitrogen and oxygen atoms in total. The van der Waals surface area contributed by atoms with Gasteiger partial charge in [-0.1, -0.05) is 19.1 Å². The molecular formula is C14H18N4O2. The minimum atomic E-state index is 0.268. The topological polar surface area (TPSA) is 69.2 Å². The van der Waals surface area contributed by atoms with Gasteiger partial charge >= 0.3 is 6.01 Å². The zero-order chi connectivity index (χ0) is 14.4. The number of hydrogen-bond acceptors (Lipinski definition) is 6. The summed E-state index contributed by atoms with van der Waals surface area (Å²) >= 11 is 0. The van der Waals surface area contributed by atoms with E-state index < -0.39 is 0 Å². The zero-order valence-electron chi connectivity index (χ0n) is 11.9. The summed E-state index contributed by atoms with van der Waals surface area (Å²) in [4.78, 5) is 12.7. The van der Waals surface area contributed by atoms with Crippen LogP contribution in [-0.2, 0) is 0 Å². The highest BCUT2D eigenvalue weighted by Crippen LogP contribution is 2.28. The van der Waals surface area contributed by atoms with Crippen LogP contribution >= 0.6 is 0 Å². The number of methoxy groups -OCH3 is 1. The van der Waals surface area contributed by atoms with E-state index in [1.54, 1.807) is 7.05 Å². The number of nitrogens with one attached hydrogen (secondary N) is 1. The van der Waals surface area contributed by atoms with E-state index in [0.29, 0.717) is 18.4 Å². The van der Waals surface area contributed by atoms with Crippen LogP contribution < -0.4 is 14.8 Å². The second kappa shape index (κ2) is 6.70. The maximum absolute atomic E-state index is 5.73. The number of hydrogen-bond donors (Lipinski definition) is 1. The average Bonchev–Trinajstić information content (AvgIpc) is 2.52. The van der Waals surface area contributed by atoms with E-state index in [2.05, 4.69) is 27.2 Å². The number of nitrogens with zero attached hydrogens (tertiary/aromatic N) is 3. The van der Waals surface area contributed by atoms with E-state index in [0.717, 1.165) is 17.7 Å². The molecule has 0 aliphatic heterocycles. The van der Waals surface area contributed by atoms with Crippen molar-refractivity contribution in [3.8, 4) is 23.1 Å². The second-order valence-corrected chi connectivity index (χ2v) is 4.06. The number of anilines is 1. The Morgan fingerprint density at radius 2 is 1.95 bits per heavy atom. The SMILES string of the molecule is CCCOc1ccccc1-c1nc(NC)nc(OC)n1. The molecule has 1 aromatic heterocycles. The first kappa shape index (κ1) is 14.0. The summed E-state index contributed by atoms with van der Waals surface area (Å²) in [6.07, 6.45) is 0.941. The number of rotatable bonds is 6. The molecule has 0 saturated heterocycles. The van der Waals surface area contributed by atoms with Crippen LogP contribution in [0, 0.1) is 0 Å². The minimum absolute atomic E-state index is 0.268. The molecule has 0 amide bonds. The molecule has 0 atom stereocenters. The Kier molecular flexibility index (Phi) is 4.70. The Labute approximate surface area is 118 Å². The van der Waals surface area contributed by atoms with Gasteiger partial charge in [0.2, 0.25) is 5.95 Å². The predicted molar refractivity (Wildman–Crippen MR) is 77.1 cm³/mol. The van der Waals surface area contributed by atoms with Crippen molar-refractivity contribution in [3.05, 3.63) is 24.3 Å². The van der Waals surface area contributed by atoms with E-state index >= 15 is 0 Å². The third-order valence-corrected chi connectivity index (χ3v) is 2.61. The third-order valence-electron chi connectivity index (χ3n) is 2.61. The van der Waals surface area contributed by atoms with E-state index in [1.165, 1.54) is 7.11 Å². The van der Waals surface area contributed by atoms with Gasteiger partial charge in [0, 0.05) is 7.05 Å². The van der Waals surface area contributed by atoms with E-state index in [1.807, 2.05) is 24.3 Å². The predicted octanol–water partition coefficient (Wildman–Crippen LogP) is 2.38. The fourth-order valence-electron chi connectivity index (χ4n) is 1.67. The highest BCUT2D eigenvalue weighted by atomic mass is 16.5. The molecule has 106 valence electrons. The lowest BCUT2D eigenvalue weighted by Crippen LogP contribution is -2.04. The molecule has 0 aliphatic rings. The molecule has 2 rings (SSSR count). The summed E-state index contributed by atoms with van der Waals surface area (Å²) in [5.41, 5.74) is 0.818. The molecule has 0 spiro atoms. The molecule has 20 heavy (non-hydrogen) atoms. The standard InChI is InChI=1S/C14H18N4O2/c1-4-9-20-11-8-6-5-7-10(11)12-16-13(15-2)18-14(17-12)19-3/h5-8H,4,9H2,1-3H3,(H,15,16,17,18). The fourth-order valence-corrected chi connectivity index (χ4v) is 1.67. The van der Waals surface area contributed by atoms with Gasteiger partial charge in [-0.3, -0.25) is 0 Å². The third kappa shape index (κ3) is 3.14. The Hall–Kier alpha value is -2.37. The van der Waals surface area contributed by atoms with Crippen molar-refractivity contribution < 1.29 is 9.47 Å². The first-order chi connectivity index (χ1) is 9.78. The monoisotopic (exact) mass is 274 g/mol. The van der Waals surface area contributed by atoms with Crippen LogP contribution in [0.15, 0.2) is 24.3 Å². The van der Waals surface area contributed by atoms with Crippen molar-refractivity contribution in [1.82, 2.24) is 15.0 Å². The molecule has 1 heterocycles. The van der Waals surface area contributed by atoms with Crippen LogP contribution in [0.1, 0.15) is 13.3 Å². The lowest BCUT2D eigenvalue weighted by Gasteiger charge is -2.11. The van der Waals surface area contributed by atoms with E-state index in [9.17, 15) is 0 Å². The first-order valence-corrected chi connectivity index (χ1v) is 6.48. The average molecular weight is 274 g/mol. The van der Waals surface area contributed by atoms with Crippen molar-refractivity contribution in [2.24, 2.45) is 0 Å². The quantitative estimate of drug-likeness (QED) is 0.872. The van der Waals surface area contributed by atoms with Crippen molar-refractivity contribution in [1.29, 1.82) is 0 Å². The normalized spacial score (nSPS) is 10.2. The van der Waals surface area contributed by atoms with Gasteiger partial charge in [0.1, 0.15) is 5.75 Å². The summed E-state index contributed by atoms with van der Waals surface area (Å²) in [5.74, 6) is 1.73. The lowest BCUT2D eigenvalue weighted by molar-refractivity contribution is 0.318. The van der Waals surface area contributed by atoms with Gasteiger partial charge in [0.15, 0.2) is 5.82 Å². The summed E-state index contributed by atoms with van der Waals surface area (Å²) in [5, 5.41) is 2.89. The van der Waals surface area contributed by atoms with Crippen LogP contribution in [0.5, 0.6) is 11.8 Å². The molecule has 2 aromatic rings. The molecule has 1 aromatic carbocycles. The number of benzene rings is 1. The van der Waals surface area contributed by atoms with Crippen molar-refractivity contribution in [3.63, 3.8) is 0 Å². The molecule has 0 saturated carbocycles. The maximum Gasteiger partial charge on any atom is 0.321 e. The summed E-state index contributed by atoms with van der Waals surface area (Å²) in [6, 6.07) is 7.93. The van der Waals surface area contributed by atoms with Crippen molar-refractivity contribution in [2.75, 3.05) is 26.1 Å². The van der Waals surface area contributed by atoms with Gasteiger partial charge in [0.05, 0.1) is 19.3 Å². The van der Waals surface area contributed by atoms with Gasteiger partial charge in [0.25, 0.3) is 0 Å². The van der Waals surface area contributed by atoms with Crippen molar-refractivity contribution >= 4 is 5.95 Å². The largest absolute Gasteiger partial charge is 0.493 e. The van der Waals surface area contributed by atoms with Gasteiger partial charge in [-0.25, -0.2) is 0 Å². The summed E-state index contributed by atoms with van der Waals surface area (Å²) in [7, 11) is 3.27. The first-order valence-electron chi connectivity index (χ1n) is 6.48. The number of aromatic nitrogens is 3. The molecule has 0 aliphatic carbocycles. The second-order valence-electron chi connectivity index (χ2n) is 4.06. The van der Waals surface area contributed by atoms with Gasteiger partial charge in [-0.2, -0.15) is 15.0 Å². The minimum Gasteiger partial charge on any atom is -0.493 e. The summed E-state index contributed by atoms with van der Waals surface area (Å²) < 4.78 is 10.8. The van der Waals surface area contributed by atoms with Gasteiger partial charge in [-0.05, 0) is 18.6 Å². The van der Waals surface area contributed by atoms with Gasteiger partial charge < -0.3 is 14.8 Å². The highest BCUT2D eigenvalue weighted by molar-refractivity contribution is 5.64. The molecule has 6 heteroatoms. The maximum atomic E-state index is 5.73. The van der Waals surface area contributed by atoms with Crippen LogP contribution in [0.2, 0.25) is 0 Å². The highest BCUT2D eigenvalue weighted by Gasteiger charge is 2.12. The summed E-state index contributed by atoms with van der Waals surface area (Å²) in [6.45, 7) is 2.71. The lowest BCUT2D eigenvalue weighted by atomic mass is 10.2. The van der Waals surface area contributed by atoms with E-state index in [-0.39, 0.29) is 6.01 Å². The molecule has 0 unspecified atom stereocenters. The smallest absolute Gasteiger partial charge is 0.321 e. The fraction of sp³-hybridized carbons (Fsp3) is 0.357. The van der Waals surface area contributed by atoms with Crippen LogP contribution in [0.3, 0.4) is 0 Å². The van der Waals surface area contributed by atoms with Gasteiger partial charge in [-0.15, -0.1) is 0 Å². The van der Waals surface area contributed by atoms with Crippen LogP contribution in [-0.4, -0.2) is 35.7 Å². The van der Waals surface area contributed by atoms with E-state index in [4.69, 9.17) is 9.47 Å². The van der Waals surface area contributed by atoms with Crippen LogP contribution in [0.25, 0.3) is 11.4 Å². The Bertz CT molecular complexity index is 553. The zero-order valence-corrected chi connectivity index (χ0v) is 11.9. The Balaban J connectivity index is 2.44. The Morgan fingerprint density at radius 3 is 2.65 bits per heavy atom.